The van der Waals surface area contributed by atoms with Crippen LogP contribution in [0.5, 0.6) is 5.88 Å². The first-order chi connectivity index (χ1) is 10.1. The summed E-state index contributed by atoms with van der Waals surface area (Å²) in [4.78, 5) is 15.8. The second kappa shape index (κ2) is 6.88. The summed E-state index contributed by atoms with van der Waals surface area (Å²) >= 11 is 0. The summed E-state index contributed by atoms with van der Waals surface area (Å²) in [5, 5.41) is 9.45. The topological polar surface area (TPSA) is 59.4 Å². The molecule has 0 aliphatic rings. The van der Waals surface area contributed by atoms with Gasteiger partial charge in [0.15, 0.2) is 0 Å². The SMILES string of the molecule is COc1cccc(CC(Cc2ccccc2C)C(=O)O)n1. The highest BCUT2D eigenvalue weighted by Gasteiger charge is 2.20. The van der Waals surface area contributed by atoms with Gasteiger partial charge in [0.05, 0.1) is 13.0 Å². The van der Waals surface area contributed by atoms with E-state index in [-0.39, 0.29) is 0 Å². The summed E-state index contributed by atoms with van der Waals surface area (Å²) in [6, 6.07) is 13.3. The zero-order valence-electron chi connectivity index (χ0n) is 12.2. The number of aromatic nitrogens is 1. The second-order valence-corrected chi connectivity index (χ2v) is 5.04. The molecule has 1 atom stereocenters. The summed E-state index contributed by atoms with van der Waals surface area (Å²) in [5.41, 5.74) is 2.91. The zero-order valence-corrected chi connectivity index (χ0v) is 12.2. The Morgan fingerprint density at radius 1 is 1.19 bits per heavy atom. The van der Waals surface area contributed by atoms with Crippen LogP contribution in [0.1, 0.15) is 16.8 Å². The van der Waals surface area contributed by atoms with Crippen molar-refractivity contribution in [3.63, 3.8) is 0 Å². The van der Waals surface area contributed by atoms with E-state index in [1.54, 1.807) is 13.2 Å². The van der Waals surface area contributed by atoms with E-state index in [0.717, 1.165) is 16.8 Å². The number of rotatable bonds is 6. The van der Waals surface area contributed by atoms with Crippen molar-refractivity contribution in [2.75, 3.05) is 7.11 Å². The van der Waals surface area contributed by atoms with Gasteiger partial charge in [0, 0.05) is 18.2 Å². The number of aryl methyl sites for hydroxylation is 1. The molecule has 0 aliphatic carbocycles. The molecule has 2 rings (SSSR count). The van der Waals surface area contributed by atoms with Crippen molar-refractivity contribution in [3.05, 3.63) is 59.3 Å². The molecule has 1 N–H and O–H groups in total. The third-order valence-electron chi connectivity index (χ3n) is 3.52. The Bertz CT molecular complexity index is 625. The lowest BCUT2D eigenvalue weighted by molar-refractivity contribution is -0.141. The van der Waals surface area contributed by atoms with Gasteiger partial charge in [-0.2, -0.15) is 0 Å². The largest absolute Gasteiger partial charge is 0.481 e. The number of aliphatic carboxylic acids is 1. The van der Waals surface area contributed by atoms with Crippen LogP contribution in [0.4, 0.5) is 0 Å². The van der Waals surface area contributed by atoms with Crippen LogP contribution < -0.4 is 4.74 Å². The fraction of sp³-hybridized carbons (Fsp3) is 0.294. The monoisotopic (exact) mass is 285 g/mol. The van der Waals surface area contributed by atoms with E-state index < -0.39 is 11.9 Å². The lowest BCUT2D eigenvalue weighted by atomic mass is 9.92. The van der Waals surface area contributed by atoms with Gasteiger partial charge in [-0.25, -0.2) is 4.98 Å². The van der Waals surface area contributed by atoms with Crippen molar-refractivity contribution in [1.29, 1.82) is 0 Å². The molecule has 1 heterocycles. The highest BCUT2D eigenvalue weighted by atomic mass is 16.5. The van der Waals surface area contributed by atoms with E-state index in [1.165, 1.54) is 0 Å². The maximum atomic E-state index is 11.5. The van der Waals surface area contributed by atoms with E-state index >= 15 is 0 Å². The average Bonchev–Trinajstić information content (AvgIpc) is 2.49. The average molecular weight is 285 g/mol. The molecule has 2 aromatic rings. The quantitative estimate of drug-likeness (QED) is 0.886. The molecule has 1 aromatic carbocycles. The maximum Gasteiger partial charge on any atom is 0.307 e. The van der Waals surface area contributed by atoms with Crippen LogP contribution in [0, 0.1) is 12.8 Å². The number of nitrogens with zero attached hydrogens (tertiary/aromatic N) is 1. The maximum absolute atomic E-state index is 11.5. The third kappa shape index (κ3) is 4.05. The number of pyridine rings is 1. The third-order valence-corrected chi connectivity index (χ3v) is 3.52. The predicted octanol–water partition coefficient (Wildman–Crippen LogP) is 2.88. The summed E-state index contributed by atoms with van der Waals surface area (Å²) in [5.74, 6) is -0.791. The van der Waals surface area contributed by atoms with E-state index in [0.29, 0.717) is 18.7 Å². The molecule has 21 heavy (non-hydrogen) atoms. The Hall–Kier alpha value is -2.36. The molecule has 0 spiro atoms. The van der Waals surface area contributed by atoms with Gasteiger partial charge in [0.2, 0.25) is 5.88 Å². The van der Waals surface area contributed by atoms with Crippen LogP contribution in [-0.4, -0.2) is 23.2 Å². The van der Waals surface area contributed by atoms with E-state index in [9.17, 15) is 9.90 Å². The molecule has 0 radical (unpaired) electrons. The van der Waals surface area contributed by atoms with Crippen molar-refractivity contribution in [2.24, 2.45) is 5.92 Å². The van der Waals surface area contributed by atoms with Gasteiger partial charge in [-0.3, -0.25) is 4.79 Å². The van der Waals surface area contributed by atoms with E-state index in [4.69, 9.17) is 4.74 Å². The van der Waals surface area contributed by atoms with Gasteiger partial charge in [0.1, 0.15) is 0 Å². The van der Waals surface area contributed by atoms with Crippen molar-refractivity contribution in [3.8, 4) is 5.88 Å². The minimum atomic E-state index is -0.803. The van der Waals surface area contributed by atoms with Gasteiger partial charge in [-0.1, -0.05) is 30.3 Å². The molecule has 0 aliphatic heterocycles. The van der Waals surface area contributed by atoms with E-state index in [2.05, 4.69) is 4.98 Å². The lowest BCUT2D eigenvalue weighted by Crippen LogP contribution is -2.20. The first-order valence-electron chi connectivity index (χ1n) is 6.87. The highest BCUT2D eigenvalue weighted by molar-refractivity contribution is 5.70. The smallest absolute Gasteiger partial charge is 0.307 e. The Balaban J connectivity index is 2.16. The number of hydrogen-bond acceptors (Lipinski definition) is 3. The van der Waals surface area contributed by atoms with Crippen molar-refractivity contribution in [1.82, 2.24) is 4.98 Å². The molecule has 4 nitrogen and oxygen atoms in total. The van der Waals surface area contributed by atoms with Crippen molar-refractivity contribution in [2.45, 2.75) is 19.8 Å². The molecule has 0 saturated carbocycles. The molecule has 0 amide bonds. The summed E-state index contributed by atoms with van der Waals surface area (Å²) in [6.45, 7) is 2.00. The van der Waals surface area contributed by atoms with Crippen LogP contribution in [-0.2, 0) is 17.6 Å². The van der Waals surface area contributed by atoms with E-state index in [1.807, 2.05) is 43.3 Å². The first kappa shape index (κ1) is 15.0. The van der Waals surface area contributed by atoms with Crippen LogP contribution in [0.2, 0.25) is 0 Å². The summed E-state index contributed by atoms with van der Waals surface area (Å²) in [6.07, 6.45) is 0.891. The summed E-state index contributed by atoms with van der Waals surface area (Å²) < 4.78 is 5.08. The van der Waals surface area contributed by atoms with Crippen LogP contribution in [0.25, 0.3) is 0 Å². The van der Waals surface area contributed by atoms with Crippen LogP contribution in [0.15, 0.2) is 42.5 Å². The molecule has 1 aromatic heterocycles. The number of hydrogen-bond donors (Lipinski definition) is 1. The molecule has 0 bridgehead atoms. The number of carboxylic acid groups (broad SMARTS) is 1. The fourth-order valence-electron chi connectivity index (χ4n) is 2.29. The number of methoxy groups -OCH3 is 1. The van der Waals surface area contributed by atoms with Crippen molar-refractivity contribution < 1.29 is 14.6 Å². The Morgan fingerprint density at radius 3 is 2.62 bits per heavy atom. The number of carboxylic acids is 1. The van der Waals surface area contributed by atoms with Crippen LogP contribution in [0.3, 0.4) is 0 Å². The van der Waals surface area contributed by atoms with Gasteiger partial charge in [-0.05, 0) is 30.5 Å². The number of ether oxygens (including phenoxy) is 1. The fourth-order valence-corrected chi connectivity index (χ4v) is 2.29. The summed E-state index contributed by atoms with van der Waals surface area (Å²) in [7, 11) is 1.55. The molecule has 4 heteroatoms. The van der Waals surface area contributed by atoms with Crippen LogP contribution >= 0.6 is 0 Å². The standard InChI is InChI=1S/C17H19NO3/c1-12-6-3-4-7-13(12)10-14(17(19)20)11-15-8-5-9-16(18-15)21-2/h3-9,14H,10-11H2,1-2H3,(H,19,20). The molecule has 1 unspecified atom stereocenters. The van der Waals surface area contributed by atoms with Crippen molar-refractivity contribution >= 4 is 5.97 Å². The molecule has 0 saturated heterocycles. The van der Waals surface area contributed by atoms with Gasteiger partial charge in [0.25, 0.3) is 0 Å². The highest BCUT2D eigenvalue weighted by Crippen LogP contribution is 2.18. The number of carbonyl (C=O) groups is 1. The zero-order chi connectivity index (χ0) is 15.2. The Labute approximate surface area is 124 Å². The van der Waals surface area contributed by atoms with Gasteiger partial charge < -0.3 is 9.84 Å². The molecular formula is C17H19NO3. The van der Waals surface area contributed by atoms with Gasteiger partial charge >= 0.3 is 5.97 Å². The number of benzene rings is 1. The second-order valence-electron chi connectivity index (χ2n) is 5.04. The Morgan fingerprint density at radius 2 is 1.95 bits per heavy atom. The first-order valence-corrected chi connectivity index (χ1v) is 6.87. The molecule has 0 fully saturated rings. The molecule has 110 valence electrons. The lowest BCUT2D eigenvalue weighted by Gasteiger charge is -2.14. The Kier molecular flexibility index (Phi) is 4.93. The predicted molar refractivity (Wildman–Crippen MR) is 80.5 cm³/mol. The minimum absolute atomic E-state index is 0.390. The van der Waals surface area contributed by atoms with Gasteiger partial charge in [-0.15, -0.1) is 0 Å². The minimum Gasteiger partial charge on any atom is -0.481 e. The molecular weight excluding hydrogens is 266 g/mol. The normalized spacial score (nSPS) is 11.9.